The van der Waals surface area contributed by atoms with Gasteiger partial charge in [-0.05, 0) is 55.2 Å². The van der Waals surface area contributed by atoms with Gasteiger partial charge < -0.3 is 0 Å². The van der Waals surface area contributed by atoms with Crippen molar-refractivity contribution >= 4 is 0 Å². The second-order valence-electron chi connectivity index (χ2n) is 7.23. The Labute approximate surface area is 146 Å². The molecule has 2 heteroatoms. The number of aryl methyl sites for hydroxylation is 1. The maximum Gasteiger partial charge on any atom is 0.0991 e. The molecule has 0 heterocycles. The van der Waals surface area contributed by atoms with Gasteiger partial charge >= 0.3 is 0 Å². The molecule has 1 aromatic carbocycles. The zero-order valence-corrected chi connectivity index (χ0v) is 14.7. The maximum absolute atomic E-state index is 11.8. The van der Waals surface area contributed by atoms with Crippen molar-refractivity contribution in [3.05, 3.63) is 47.8 Å². The molecule has 0 radical (unpaired) electrons. The van der Waals surface area contributed by atoms with Crippen LogP contribution in [-0.2, 0) is 6.42 Å². The summed E-state index contributed by atoms with van der Waals surface area (Å²) in [5.41, 5.74) is 2.11. The van der Waals surface area contributed by atoms with Crippen molar-refractivity contribution in [3.63, 3.8) is 0 Å². The highest BCUT2D eigenvalue weighted by molar-refractivity contribution is 5.31. The van der Waals surface area contributed by atoms with E-state index in [4.69, 9.17) is 5.26 Å². The number of allylic oxidation sites excluding steroid dienone is 1. The minimum Gasteiger partial charge on any atom is -0.216 e. The van der Waals surface area contributed by atoms with Crippen LogP contribution in [0.25, 0.3) is 0 Å². The summed E-state index contributed by atoms with van der Waals surface area (Å²) < 4.78 is 11.8. The number of rotatable bonds is 9. The summed E-state index contributed by atoms with van der Waals surface area (Å²) in [5, 5.41) is 8.83. The summed E-state index contributed by atoms with van der Waals surface area (Å²) >= 11 is 0. The Morgan fingerprint density at radius 3 is 2.25 bits per heavy atom. The van der Waals surface area contributed by atoms with Crippen molar-refractivity contribution in [2.75, 3.05) is 0 Å². The standard InChI is InChI=1S/C22H30FN/c23-17-5-3-1-2-4-6-19-7-9-20(10-8-19)11-12-21-13-15-22(18-24)16-14-21/h5,13-17,19-20H,1-4,6-12H2/t19-,20-. The van der Waals surface area contributed by atoms with Gasteiger partial charge in [0, 0.05) is 0 Å². The van der Waals surface area contributed by atoms with Crippen LogP contribution >= 0.6 is 0 Å². The molecule has 1 fully saturated rings. The molecule has 2 rings (SSSR count). The number of nitriles is 1. The van der Waals surface area contributed by atoms with Gasteiger partial charge in [-0.15, -0.1) is 0 Å². The normalized spacial score (nSPS) is 21.0. The van der Waals surface area contributed by atoms with E-state index in [-0.39, 0.29) is 0 Å². The molecule has 1 aliphatic rings. The highest BCUT2D eigenvalue weighted by Crippen LogP contribution is 2.34. The minimum atomic E-state index is 0.666. The van der Waals surface area contributed by atoms with Crippen LogP contribution < -0.4 is 0 Å². The number of nitrogens with zero attached hydrogens (tertiary/aromatic N) is 1. The molecule has 0 N–H and O–H groups in total. The molecule has 1 aromatic rings. The van der Waals surface area contributed by atoms with Gasteiger partial charge in [0.1, 0.15) is 0 Å². The smallest absolute Gasteiger partial charge is 0.0991 e. The van der Waals surface area contributed by atoms with Crippen molar-refractivity contribution in [3.8, 4) is 6.07 Å². The number of halogens is 1. The van der Waals surface area contributed by atoms with Gasteiger partial charge in [0.25, 0.3) is 0 Å². The molecule has 0 spiro atoms. The topological polar surface area (TPSA) is 23.8 Å². The first kappa shape index (κ1) is 18.7. The third-order valence-electron chi connectivity index (χ3n) is 5.46. The van der Waals surface area contributed by atoms with E-state index in [1.54, 1.807) is 6.08 Å². The van der Waals surface area contributed by atoms with E-state index in [0.29, 0.717) is 6.33 Å². The van der Waals surface area contributed by atoms with Crippen LogP contribution in [0.1, 0.15) is 75.3 Å². The molecule has 0 saturated heterocycles. The van der Waals surface area contributed by atoms with Crippen LogP contribution in [-0.4, -0.2) is 0 Å². The quantitative estimate of drug-likeness (QED) is 0.461. The van der Waals surface area contributed by atoms with E-state index < -0.39 is 0 Å². The lowest BCUT2D eigenvalue weighted by molar-refractivity contribution is 0.249. The predicted molar refractivity (Wildman–Crippen MR) is 98.3 cm³/mol. The van der Waals surface area contributed by atoms with Crippen molar-refractivity contribution < 1.29 is 4.39 Å². The fourth-order valence-electron chi connectivity index (χ4n) is 3.86. The first-order valence-corrected chi connectivity index (χ1v) is 9.56. The predicted octanol–water partition coefficient (Wildman–Crippen LogP) is 6.73. The van der Waals surface area contributed by atoms with Gasteiger partial charge in [-0.3, -0.25) is 0 Å². The maximum atomic E-state index is 11.8. The molecule has 0 aliphatic heterocycles. The zero-order chi connectivity index (χ0) is 17.0. The molecular formula is C22H30FN. The fourth-order valence-corrected chi connectivity index (χ4v) is 3.86. The van der Waals surface area contributed by atoms with Crippen molar-refractivity contribution in [2.45, 2.75) is 70.6 Å². The second-order valence-corrected chi connectivity index (χ2v) is 7.23. The highest BCUT2D eigenvalue weighted by atomic mass is 19.1. The molecule has 1 saturated carbocycles. The van der Waals surface area contributed by atoms with Crippen molar-refractivity contribution in [1.29, 1.82) is 5.26 Å². The van der Waals surface area contributed by atoms with Crippen LogP contribution in [0.2, 0.25) is 0 Å². The number of benzene rings is 1. The first-order valence-electron chi connectivity index (χ1n) is 9.56. The van der Waals surface area contributed by atoms with E-state index in [1.807, 2.05) is 12.1 Å². The Hall–Kier alpha value is -1.62. The van der Waals surface area contributed by atoms with Gasteiger partial charge in [-0.25, -0.2) is 4.39 Å². The second kappa shape index (κ2) is 11.0. The van der Waals surface area contributed by atoms with Crippen LogP contribution in [0.15, 0.2) is 36.7 Å². The minimum absolute atomic E-state index is 0.666. The lowest BCUT2D eigenvalue weighted by Gasteiger charge is -2.28. The van der Waals surface area contributed by atoms with Gasteiger partial charge in [0.2, 0.25) is 0 Å². The Bertz CT molecular complexity index is 518. The molecule has 0 unspecified atom stereocenters. The lowest BCUT2D eigenvalue weighted by Crippen LogP contribution is -2.15. The van der Waals surface area contributed by atoms with E-state index >= 15 is 0 Å². The molecule has 1 nitrogen and oxygen atoms in total. The van der Waals surface area contributed by atoms with E-state index in [9.17, 15) is 4.39 Å². The van der Waals surface area contributed by atoms with Crippen LogP contribution in [0.5, 0.6) is 0 Å². The SMILES string of the molecule is N#Cc1ccc(CC[C@H]2CC[C@H](CCCCCC=CF)CC2)cc1. The van der Waals surface area contributed by atoms with Crippen LogP contribution in [0.4, 0.5) is 4.39 Å². The summed E-state index contributed by atoms with van der Waals surface area (Å²) in [6, 6.07) is 10.2. The van der Waals surface area contributed by atoms with Crippen molar-refractivity contribution in [1.82, 2.24) is 0 Å². The van der Waals surface area contributed by atoms with E-state index in [2.05, 4.69) is 18.2 Å². The lowest BCUT2D eigenvalue weighted by atomic mass is 9.77. The Balaban J connectivity index is 1.56. The highest BCUT2D eigenvalue weighted by Gasteiger charge is 2.20. The molecule has 130 valence electrons. The summed E-state index contributed by atoms with van der Waals surface area (Å²) in [5.74, 6) is 1.81. The third-order valence-corrected chi connectivity index (χ3v) is 5.46. The molecule has 0 atom stereocenters. The van der Waals surface area contributed by atoms with Crippen molar-refractivity contribution in [2.24, 2.45) is 11.8 Å². The fraction of sp³-hybridized carbons (Fsp3) is 0.591. The summed E-state index contributed by atoms with van der Waals surface area (Å²) in [6.07, 6.45) is 16.2. The Kier molecular flexibility index (Phi) is 8.60. The Morgan fingerprint density at radius 1 is 0.958 bits per heavy atom. The molecule has 0 amide bonds. The van der Waals surface area contributed by atoms with E-state index in [0.717, 1.165) is 36.7 Å². The van der Waals surface area contributed by atoms with E-state index in [1.165, 1.54) is 56.9 Å². The summed E-state index contributed by atoms with van der Waals surface area (Å²) in [4.78, 5) is 0. The molecule has 0 bridgehead atoms. The molecule has 0 aromatic heterocycles. The average molecular weight is 327 g/mol. The Morgan fingerprint density at radius 2 is 1.62 bits per heavy atom. The van der Waals surface area contributed by atoms with Crippen LogP contribution in [0.3, 0.4) is 0 Å². The summed E-state index contributed by atoms with van der Waals surface area (Å²) in [6.45, 7) is 0. The average Bonchev–Trinajstić information content (AvgIpc) is 2.64. The summed E-state index contributed by atoms with van der Waals surface area (Å²) in [7, 11) is 0. The third kappa shape index (κ3) is 6.87. The van der Waals surface area contributed by atoms with Crippen LogP contribution in [0, 0.1) is 23.2 Å². The molecule has 24 heavy (non-hydrogen) atoms. The van der Waals surface area contributed by atoms with Gasteiger partial charge in [0.05, 0.1) is 18.0 Å². The van der Waals surface area contributed by atoms with Gasteiger partial charge in [-0.2, -0.15) is 5.26 Å². The number of unbranched alkanes of at least 4 members (excludes halogenated alkanes) is 3. The monoisotopic (exact) mass is 327 g/mol. The molecular weight excluding hydrogens is 297 g/mol. The number of hydrogen-bond acceptors (Lipinski definition) is 1. The first-order chi connectivity index (χ1) is 11.8. The van der Waals surface area contributed by atoms with Gasteiger partial charge in [0.15, 0.2) is 0 Å². The largest absolute Gasteiger partial charge is 0.216 e. The zero-order valence-electron chi connectivity index (χ0n) is 14.7. The number of hydrogen-bond donors (Lipinski definition) is 0. The van der Waals surface area contributed by atoms with Gasteiger partial charge in [-0.1, -0.05) is 63.2 Å². The molecule has 1 aliphatic carbocycles.